The van der Waals surface area contributed by atoms with E-state index in [2.05, 4.69) is 9.50 Å². The normalized spacial score (nSPS) is 11.8. The highest BCUT2D eigenvalue weighted by atomic mass is 32.3. The Labute approximate surface area is 73.1 Å². The fraction of sp³-hybridized carbons (Fsp3) is 1.00. The summed E-state index contributed by atoms with van der Waals surface area (Å²) < 4.78 is 32.4. The number of hydrogen-bond acceptors (Lipinski definition) is 4. The molecule has 0 spiro atoms. The molecule has 0 unspecified atom stereocenters. The molecule has 0 bridgehead atoms. The van der Waals surface area contributed by atoms with Gasteiger partial charge in [0.25, 0.3) is 0 Å². The first-order valence-electron chi connectivity index (χ1n) is 3.82. The molecule has 0 fully saturated rings. The van der Waals surface area contributed by atoms with Crippen LogP contribution in [-0.2, 0) is 14.6 Å². The van der Waals surface area contributed by atoms with Gasteiger partial charge < -0.3 is 5.32 Å². The van der Waals surface area contributed by atoms with Crippen LogP contribution in [0.5, 0.6) is 0 Å². The van der Waals surface area contributed by atoms with Crippen molar-refractivity contribution in [3.8, 4) is 0 Å². The minimum atomic E-state index is -4.23. The molecule has 0 aromatic carbocycles. The van der Waals surface area contributed by atoms with E-state index in [0.717, 1.165) is 19.4 Å². The van der Waals surface area contributed by atoms with E-state index in [4.69, 9.17) is 4.55 Å². The average molecular weight is 197 g/mol. The highest BCUT2D eigenvalue weighted by molar-refractivity contribution is 7.80. The highest BCUT2D eigenvalue weighted by Crippen LogP contribution is 1.96. The van der Waals surface area contributed by atoms with Crippen molar-refractivity contribution in [3.05, 3.63) is 0 Å². The summed E-state index contributed by atoms with van der Waals surface area (Å²) in [5, 5.41) is 2.97. The lowest BCUT2D eigenvalue weighted by Crippen LogP contribution is -2.08. The monoisotopic (exact) mass is 197 g/mol. The molecule has 0 radical (unpaired) electrons. The summed E-state index contributed by atoms with van der Waals surface area (Å²) in [4.78, 5) is 0. The Bertz CT molecular complexity index is 190. The van der Waals surface area contributed by atoms with Crippen LogP contribution in [0.25, 0.3) is 0 Å². The molecule has 0 saturated heterocycles. The first-order chi connectivity index (χ1) is 5.56. The van der Waals surface area contributed by atoms with Crippen molar-refractivity contribution >= 4 is 10.4 Å². The van der Waals surface area contributed by atoms with Crippen molar-refractivity contribution in [1.82, 2.24) is 5.32 Å². The maximum absolute atomic E-state index is 10.0. The van der Waals surface area contributed by atoms with Crippen LogP contribution in [0.4, 0.5) is 0 Å². The fourth-order valence-corrected chi connectivity index (χ4v) is 1.07. The molecule has 0 aliphatic carbocycles. The maximum Gasteiger partial charge on any atom is 0.397 e. The number of unbranched alkanes of at least 4 members (excludes halogenated alkanes) is 2. The van der Waals surface area contributed by atoms with E-state index < -0.39 is 10.4 Å². The van der Waals surface area contributed by atoms with Gasteiger partial charge in [0.05, 0.1) is 6.61 Å². The van der Waals surface area contributed by atoms with Crippen LogP contribution in [0.2, 0.25) is 0 Å². The molecular weight excluding hydrogens is 182 g/mol. The van der Waals surface area contributed by atoms with Gasteiger partial charge in [-0.3, -0.25) is 4.55 Å². The zero-order chi connectivity index (χ0) is 9.45. The topological polar surface area (TPSA) is 75.6 Å². The smallest absolute Gasteiger partial charge is 0.320 e. The van der Waals surface area contributed by atoms with E-state index >= 15 is 0 Å². The van der Waals surface area contributed by atoms with E-state index in [-0.39, 0.29) is 6.61 Å². The molecule has 5 nitrogen and oxygen atoms in total. The van der Waals surface area contributed by atoms with Crippen molar-refractivity contribution in [2.75, 3.05) is 20.2 Å². The summed E-state index contributed by atoms with van der Waals surface area (Å²) in [6, 6.07) is 0. The Hall–Kier alpha value is -0.170. The van der Waals surface area contributed by atoms with Crippen LogP contribution in [0, 0.1) is 0 Å². The highest BCUT2D eigenvalue weighted by Gasteiger charge is 2.02. The molecule has 0 rings (SSSR count). The van der Waals surface area contributed by atoms with Gasteiger partial charge in [-0.05, 0) is 32.9 Å². The molecule has 0 aliphatic heterocycles. The van der Waals surface area contributed by atoms with Crippen LogP contribution in [0.15, 0.2) is 0 Å². The molecule has 2 N–H and O–H groups in total. The Morgan fingerprint density at radius 1 is 1.33 bits per heavy atom. The SMILES string of the molecule is CNCCCCCOS(=O)(=O)O. The third kappa shape index (κ3) is 9.83. The lowest BCUT2D eigenvalue weighted by atomic mass is 10.2. The summed E-state index contributed by atoms with van der Waals surface area (Å²) >= 11 is 0. The summed E-state index contributed by atoms with van der Waals surface area (Å²) in [6.45, 7) is 0.967. The van der Waals surface area contributed by atoms with E-state index in [0.29, 0.717) is 6.42 Å². The Kier molecular flexibility index (Phi) is 6.27. The second kappa shape index (κ2) is 6.36. The van der Waals surface area contributed by atoms with Crippen molar-refractivity contribution in [1.29, 1.82) is 0 Å². The molecule has 0 aromatic rings. The average Bonchev–Trinajstić information content (AvgIpc) is 1.94. The lowest BCUT2D eigenvalue weighted by molar-refractivity contribution is 0.262. The maximum atomic E-state index is 10.0. The van der Waals surface area contributed by atoms with E-state index in [1.807, 2.05) is 7.05 Å². The third-order valence-corrected chi connectivity index (χ3v) is 1.77. The van der Waals surface area contributed by atoms with Crippen molar-refractivity contribution in [2.45, 2.75) is 19.3 Å². The van der Waals surface area contributed by atoms with Gasteiger partial charge in [-0.1, -0.05) is 0 Å². The number of rotatable bonds is 7. The molecule has 12 heavy (non-hydrogen) atoms. The predicted octanol–water partition coefficient (Wildman–Crippen LogP) is 0.196. The molecule has 74 valence electrons. The summed E-state index contributed by atoms with van der Waals surface area (Å²) in [7, 11) is -2.38. The lowest BCUT2D eigenvalue weighted by Gasteiger charge is -1.99. The molecule has 0 atom stereocenters. The fourth-order valence-electron chi connectivity index (χ4n) is 0.745. The Balaban J connectivity index is 3.12. The molecule has 0 aromatic heterocycles. The molecule has 0 amide bonds. The van der Waals surface area contributed by atoms with E-state index in [1.165, 1.54) is 0 Å². The zero-order valence-electron chi connectivity index (χ0n) is 7.12. The van der Waals surface area contributed by atoms with Crippen LogP contribution in [0.1, 0.15) is 19.3 Å². The molecule has 0 aliphatic rings. The van der Waals surface area contributed by atoms with Crippen molar-refractivity contribution < 1.29 is 17.2 Å². The van der Waals surface area contributed by atoms with Gasteiger partial charge in [0.1, 0.15) is 0 Å². The van der Waals surface area contributed by atoms with Gasteiger partial charge in [0, 0.05) is 0 Å². The molecular formula is C6H15NO4S. The second-order valence-electron chi connectivity index (χ2n) is 2.41. The minimum Gasteiger partial charge on any atom is -0.320 e. The minimum absolute atomic E-state index is 0.0581. The second-order valence-corrected chi connectivity index (χ2v) is 3.51. The van der Waals surface area contributed by atoms with Crippen LogP contribution >= 0.6 is 0 Å². The van der Waals surface area contributed by atoms with Gasteiger partial charge >= 0.3 is 10.4 Å². The van der Waals surface area contributed by atoms with Gasteiger partial charge in [-0.2, -0.15) is 8.42 Å². The third-order valence-electron chi connectivity index (χ3n) is 1.30. The quantitative estimate of drug-likeness (QED) is 0.450. The molecule has 0 saturated carbocycles. The van der Waals surface area contributed by atoms with Crippen LogP contribution in [0.3, 0.4) is 0 Å². The standard InChI is InChI=1S/C6H15NO4S/c1-7-5-3-2-4-6-11-12(8,9)10/h7H,2-6H2,1H3,(H,8,9,10). The summed E-state index contributed by atoms with van der Waals surface area (Å²) in [5.74, 6) is 0. The Morgan fingerprint density at radius 2 is 2.00 bits per heavy atom. The van der Waals surface area contributed by atoms with Gasteiger partial charge in [0.2, 0.25) is 0 Å². The summed E-state index contributed by atoms with van der Waals surface area (Å²) in [6.07, 6.45) is 2.50. The first-order valence-corrected chi connectivity index (χ1v) is 5.19. The van der Waals surface area contributed by atoms with Gasteiger partial charge in [0.15, 0.2) is 0 Å². The summed E-state index contributed by atoms with van der Waals surface area (Å²) in [5.41, 5.74) is 0. The zero-order valence-corrected chi connectivity index (χ0v) is 7.93. The first kappa shape index (κ1) is 11.8. The number of nitrogens with one attached hydrogen (secondary N) is 1. The van der Waals surface area contributed by atoms with Gasteiger partial charge in [-0.25, -0.2) is 4.18 Å². The van der Waals surface area contributed by atoms with E-state index in [9.17, 15) is 8.42 Å². The van der Waals surface area contributed by atoms with Gasteiger partial charge in [-0.15, -0.1) is 0 Å². The molecule has 6 heteroatoms. The van der Waals surface area contributed by atoms with Crippen LogP contribution in [-0.4, -0.2) is 33.2 Å². The number of hydrogen-bond donors (Lipinski definition) is 2. The van der Waals surface area contributed by atoms with E-state index in [1.54, 1.807) is 0 Å². The molecule has 0 heterocycles. The predicted molar refractivity (Wildman–Crippen MR) is 45.3 cm³/mol. The van der Waals surface area contributed by atoms with Crippen molar-refractivity contribution in [2.24, 2.45) is 0 Å². The Morgan fingerprint density at radius 3 is 2.50 bits per heavy atom. The van der Waals surface area contributed by atoms with Crippen LogP contribution < -0.4 is 5.32 Å². The largest absolute Gasteiger partial charge is 0.397 e. The van der Waals surface area contributed by atoms with Crippen molar-refractivity contribution in [3.63, 3.8) is 0 Å².